The minimum Gasteiger partial charge on any atom is -0.487 e. The van der Waals surface area contributed by atoms with Gasteiger partial charge in [0.1, 0.15) is 18.1 Å². The number of nitrogens with one attached hydrogen (secondary N) is 1. The van der Waals surface area contributed by atoms with Crippen molar-refractivity contribution in [2.24, 2.45) is 11.8 Å². The third-order valence-electron chi connectivity index (χ3n) is 13.8. The highest BCUT2D eigenvalue weighted by atomic mass is 35.5. The summed E-state index contributed by atoms with van der Waals surface area (Å²) >= 11 is 14.8. The number of ether oxygens (including phenoxy) is 6. The molecular formula is C61H78Cl2N8O8S. The molecule has 0 radical (unpaired) electrons. The first-order valence-corrected chi connectivity index (χ1v) is 29.6. The second kappa shape index (κ2) is 31.1. The van der Waals surface area contributed by atoms with E-state index in [-0.39, 0.29) is 24.5 Å². The van der Waals surface area contributed by atoms with Crippen LogP contribution in [0.2, 0.25) is 10.0 Å². The van der Waals surface area contributed by atoms with Gasteiger partial charge in [0.2, 0.25) is 5.91 Å². The smallest absolute Gasteiger partial charge is 0.251 e. The predicted molar refractivity (Wildman–Crippen MR) is 318 cm³/mol. The minimum atomic E-state index is -0.306. The van der Waals surface area contributed by atoms with Crippen LogP contribution in [0.5, 0.6) is 5.75 Å². The molecule has 3 aromatic heterocycles. The van der Waals surface area contributed by atoms with Crippen molar-refractivity contribution in [2.45, 2.75) is 67.0 Å². The molecule has 7 aromatic rings. The lowest BCUT2D eigenvalue weighted by molar-refractivity contribution is -0.134. The highest BCUT2D eigenvalue weighted by Crippen LogP contribution is 2.35. The fourth-order valence-electron chi connectivity index (χ4n) is 9.93. The van der Waals surface area contributed by atoms with E-state index in [1.54, 1.807) is 22.1 Å². The Morgan fingerprint density at radius 3 is 2.14 bits per heavy atom. The Kier molecular flexibility index (Phi) is 23.6. The molecule has 0 bridgehead atoms. The summed E-state index contributed by atoms with van der Waals surface area (Å²) in [5, 5.41) is 16.9. The molecule has 2 amide bonds. The number of benzene rings is 4. The molecule has 1 atom stereocenters. The van der Waals surface area contributed by atoms with Crippen LogP contribution < -0.4 is 10.1 Å². The number of nitrogens with zero attached hydrogens (tertiary/aromatic N) is 7. The normalized spacial score (nSPS) is 13.7. The summed E-state index contributed by atoms with van der Waals surface area (Å²) in [6.07, 6.45) is 1.55. The van der Waals surface area contributed by atoms with E-state index in [2.05, 4.69) is 100 Å². The average Bonchev–Trinajstić information content (AvgIpc) is 4.23. The molecule has 80 heavy (non-hydrogen) atoms. The summed E-state index contributed by atoms with van der Waals surface area (Å²) < 4.78 is 39.4. The first-order valence-electron chi connectivity index (χ1n) is 28.0. The van der Waals surface area contributed by atoms with E-state index in [1.165, 1.54) is 16.0 Å². The Morgan fingerprint density at radius 1 is 0.750 bits per heavy atom. The second-order valence-electron chi connectivity index (χ2n) is 20.9. The molecule has 0 saturated carbocycles. The number of hydrogen-bond donors (Lipinski definition) is 1. The van der Waals surface area contributed by atoms with Gasteiger partial charge in [-0.1, -0.05) is 92.5 Å². The van der Waals surface area contributed by atoms with Crippen LogP contribution in [0, 0.1) is 11.8 Å². The molecule has 16 nitrogen and oxygen atoms in total. The third kappa shape index (κ3) is 18.0. The number of thiophene rings is 1. The van der Waals surface area contributed by atoms with E-state index in [9.17, 15) is 9.59 Å². The zero-order valence-corrected chi connectivity index (χ0v) is 49.3. The van der Waals surface area contributed by atoms with Crippen LogP contribution in [0.3, 0.4) is 0 Å². The lowest BCUT2D eigenvalue weighted by Gasteiger charge is -2.37. The predicted octanol–water partition coefficient (Wildman–Crippen LogP) is 10.5. The van der Waals surface area contributed by atoms with Gasteiger partial charge in [0.25, 0.3) is 5.91 Å². The van der Waals surface area contributed by atoms with Crippen LogP contribution in [0.15, 0.2) is 103 Å². The quantitative estimate of drug-likeness (QED) is 0.0391. The maximum Gasteiger partial charge on any atom is 0.251 e. The Labute approximate surface area is 485 Å². The van der Waals surface area contributed by atoms with Crippen molar-refractivity contribution < 1.29 is 38.0 Å². The highest BCUT2D eigenvalue weighted by Gasteiger charge is 2.27. The lowest BCUT2D eigenvalue weighted by atomic mass is 10.1. The van der Waals surface area contributed by atoms with Gasteiger partial charge in [-0.2, -0.15) is 0 Å². The van der Waals surface area contributed by atoms with E-state index < -0.39 is 0 Å². The maximum absolute atomic E-state index is 13.4. The van der Waals surface area contributed by atoms with Crippen molar-refractivity contribution in [3.63, 3.8) is 0 Å². The number of fused-ring (bicyclic) bond motifs is 3. The van der Waals surface area contributed by atoms with Crippen LogP contribution in [-0.2, 0) is 54.8 Å². The molecule has 1 fully saturated rings. The third-order valence-corrected chi connectivity index (χ3v) is 15.3. The highest BCUT2D eigenvalue weighted by molar-refractivity contribution is 7.13. The summed E-state index contributed by atoms with van der Waals surface area (Å²) in [4.78, 5) is 34.3. The van der Waals surface area contributed by atoms with Crippen LogP contribution in [0.1, 0.15) is 67.9 Å². The Hall–Kier alpha value is -5.44. The number of halogens is 2. The Bertz CT molecular complexity index is 3010. The average molecular weight is 1150 g/mol. The molecule has 8 rings (SSSR count). The van der Waals surface area contributed by atoms with Gasteiger partial charge in [-0.05, 0) is 89.9 Å². The molecule has 1 N–H and O–H groups in total. The second-order valence-corrected chi connectivity index (χ2v) is 22.7. The number of carbonyl (C=O) groups is 2. The summed E-state index contributed by atoms with van der Waals surface area (Å²) in [6.45, 7) is 22.6. The van der Waals surface area contributed by atoms with Crippen molar-refractivity contribution in [2.75, 3.05) is 112 Å². The first-order chi connectivity index (χ1) is 38.9. The Morgan fingerprint density at radius 2 is 1.46 bits per heavy atom. The maximum atomic E-state index is 13.4. The first kappa shape index (κ1) is 60.7. The molecule has 0 spiro atoms. The fraction of sp³-hybridized carbons (Fsp3) is 0.475. The van der Waals surface area contributed by atoms with Gasteiger partial charge >= 0.3 is 0 Å². The number of carbonyl (C=O) groups excluding carboxylic acids is 2. The monoisotopic (exact) mass is 1150 g/mol. The molecular weight excluding hydrogens is 1080 g/mol. The van der Waals surface area contributed by atoms with Crippen LogP contribution >= 0.6 is 34.5 Å². The topological polar surface area (TPSA) is 147 Å². The number of rotatable bonds is 33. The molecule has 4 aromatic carbocycles. The summed E-state index contributed by atoms with van der Waals surface area (Å²) in [7, 11) is 0. The van der Waals surface area contributed by atoms with Crippen molar-refractivity contribution in [1.82, 2.24) is 39.6 Å². The zero-order valence-electron chi connectivity index (χ0n) is 47.0. The number of piperazine rings is 1. The summed E-state index contributed by atoms with van der Waals surface area (Å²) in [6, 6.07) is 30.1. The molecule has 0 aliphatic carbocycles. The van der Waals surface area contributed by atoms with Crippen LogP contribution in [-0.4, -0.2) is 158 Å². The molecule has 4 heterocycles. The van der Waals surface area contributed by atoms with Gasteiger partial charge in [-0.3, -0.25) is 19.4 Å². The van der Waals surface area contributed by atoms with E-state index in [0.717, 1.165) is 60.1 Å². The van der Waals surface area contributed by atoms with Gasteiger partial charge in [0, 0.05) is 107 Å². The minimum absolute atomic E-state index is 0.125. The van der Waals surface area contributed by atoms with Crippen molar-refractivity contribution in [3.8, 4) is 16.2 Å². The van der Waals surface area contributed by atoms with E-state index in [4.69, 9.17) is 51.6 Å². The summed E-state index contributed by atoms with van der Waals surface area (Å²) in [5.74, 6) is 1.78. The molecule has 1 saturated heterocycles. The number of amides is 2. The van der Waals surface area contributed by atoms with E-state index in [1.807, 2.05) is 65.7 Å². The van der Waals surface area contributed by atoms with Gasteiger partial charge in [-0.25, -0.2) is 4.68 Å². The largest absolute Gasteiger partial charge is 0.487 e. The van der Waals surface area contributed by atoms with Crippen LogP contribution in [0.4, 0.5) is 0 Å². The van der Waals surface area contributed by atoms with Crippen molar-refractivity contribution >= 4 is 68.2 Å². The number of hydrogen-bond acceptors (Lipinski definition) is 13. The standard InChI is InChI=1S/C61H78Cl2N8O8S/c1-6-71-56-18-12-48(34-54(56)52-16-11-47(35-57(52)71)59-8-7-33-80-59)61(73)64-19-25-74-27-29-76-31-32-77-30-28-75-26-24-70-39-50(65-66-70)43-78-51-14-9-46(10-15-51)42-79-58(53-17-13-49(62)36-55(53)63)40-67-20-22-69(23-21-67)60(72)41-68(37-44(2)3)38-45(4)5/h7-18,33-36,39,44-45,58H,6,19-32,37-38,40-43H2,1-5H3,(H,64,73). The van der Waals surface area contributed by atoms with E-state index in [0.29, 0.717) is 138 Å². The SMILES string of the molecule is CCn1c2ccc(C(=O)NCCOCCOCCOCCOCCn3cc(COc4ccc(COC(CN5CCN(C(=O)CN(CC(C)C)CC(C)C)CC5)c5ccc(Cl)cc5Cl)cc4)nn3)cc2c2ccc(-c3cccs3)cc21. The fourth-order valence-corrected chi connectivity index (χ4v) is 11.2. The van der Waals surface area contributed by atoms with E-state index >= 15 is 0 Å². The van der Waals surface area contributed by atoms with Gasteiger partial charge in [0.05, 0.1) is 84.9 Å². The molecule has 1 aliphatic rings. The van der Waals surface area contributed by atoms with Gasteiger partial charge < -0.3 is 43.2 Å². The number of aromatic nitrogens is 4. The molecule has 1 unspecified atom stereocenters. The van der Waals surface area contributed by atoms with Crippen molar-refractivity contribution in [3.05, 3.63) is 135 Å². The number of aryl methyl sites for hydroxylation is 1. The lowest BCUT2D eigenvalue weighted by Crippen LogP contribution is -2.52. The van der Waals surface area contributed by atoms with Crippen LogP contribution in [0.25, 0.3) is 32.2 Å². The Balaban J connectivity index is 0.650. The van der Waals surface area contributed by atoms with Crippen molar-refractivity contribution in [1.29, 1.82) is 0 Å². The summed E-state index contributed by atoms with van der Waals surface area (Å²) in [5.41, 5.74) is 6.69. The molecule has 19 heteroatoms. The molecule has 430 valence electrons. The van der Waals surface area contributed by atoms with Gasteiger partial charge in [-0.15, -0.1) is 16.4 Å². The zero-order chi connectivity index (χ0) is 56.2. The van der Waals surface area contributed by atoms with Gasteiger partial charge in [0.15, 0.2) is 0 Å². The molecule has 1 aliphatic heterocycles.